The standard InChI is InChI=1S/C24H20N2O7/c1-3-32-24(28)16-9-12-20-19(13-16)25(14-17-5-4-6-21(31-2)22(17)33-20)23(27)15-7-10-18(11-8-15)26(29)30/h4-13H,3,14H2,1-2H3. The number of esters is 1. The molecule has 0 atom stereocenters. The van der Waals surface area contributed by atoms with E-state index >= 15 is 0 Å². The highest BCUT2D eigenvalue weighted by Gasteiger charge is 2.29. The maximum atomic E-state index is 13.5. The van der Waals surface area contributed by atoms with Crippen molar-refractivity contribution in [2.24, 2.45) is 0 Å². The first-order chi connectivity index (χ1) is 15.9. The fraction of sp³-hybridized carbons (Fsp3) is 0.167. The number of benzene rings is 3. The van der Waals surface area contributed by atoms with Gasteiger partial charge in [0.05, 0.1) is 36.4 Å². The number of para-hydroxylation sites is 1. The molecule has 0 aliphatic carbocycles. The van der Waals surface area contributed by atoms with Crippen LogP contribution in [0.15, 0.2) is 60.7 Å². The number of carbonyl (C=O) groups excluding carboxylic acids is 2. The first-order valence-corrected chi connectivity index (χ1v) is 10.1. The zero-order valence-electron chi connectivity index (χ0n) is 17.9. The van der Waals surface area contributed by atoms with Gasteiger partial charge >= 0.3 is 5.97 Å². The average molecular weight is 448 g/mol. The van der Waals surface area contributed by atoms with Crippen molar-refractivity contribution in [3.8, 4) is 17.2 Å². The van der Waals surface area contributed by atoms with Crippen molar-refractivity contribution in [1.82, 2.24) is 0 Å². The maximum absolute atomic E-state index is 13.5. The van der Waals surface area contributed by atoms with Crippen LogP contribution in [0.1, 0.15) is 33.2 Å². The molecular formula is C24H20N2O7. The number of anilines is 1. The lowest BCUT2D eigenvalue weighted by Gasteiger charge is -2.22. The Kier molecular flexibility index (Phi) is 5.95. The van der Waals surface area contributed by atoms with Crippen molar-refractivity contribution < 1.29 is 28.7 Å². The number of nitrogens with zero attached hydrogens (tertiary/aromatic N) is 2. The molecule has 0 saturated carbocycles. The van der Waals surface area contributed by atoms with E-state index in [-0.39, 0.29) is 30.0 Å². The molecule has 0 saturated heterocycles. The summed E-state index contributed by atoms with van der Waals surface area (Å²) < 4.78 is 16.6. The Balaban J connectivity index is 1.83. The summed E-state index contributed by atoms with van der Waals surface area (Å²) in [5.74, 6) is 0.372. The number of rotatable bonds is 5. The van der Waals surface area contributed by atoms with Crippen LogP contribution in [0.5, 0.6) is 17.2 Å². The minimum atomic E-state index is -0.530. The van der Waals surface area contributed by atoms with E-state index in [0.717, 1.165) is 0 Å². The molecule has 1 heterocycles. The fourth-order valence-corrected chi connectivity index (χ4v) is 3.55. The first kappa shape index (κ1) is 21.8. The summed E-state index contributed by atoms with van der Waals surface area (Å²) in [4.78, 5) is 37.8. The first-order valence-electron chi connectivity index (χ1n) is 10.1. The average Bonchev–Trinajstić information content (AvgIpc) is 3.00. The van der Waals surface area contributed by atoms with Crippen LogP contribution in [0.4, 0.5) is 11.4 Å². The number of amides is 1. The number of carbonyl (C=O) groups is 2. The van der Waals surface area contributed by atoms with E-state index in [4.69, 9.17) is 14.2 Å². The molecule has 9 nitrogen and oxygen atoms in total. The molecule has 0 N–H and O–H groups in total. The van der Waals surface area contributed by atoms with E-state index in [1.54, 1.807) is 31.2 Å². The minimum Gasteiger partial charge on any atom is -0.493 e. The summed E-state index contributed by atoms with van der Waals surface area (Å²) in [6, 6.07) is 15.4. The molecule has 1 aliphatic rings. The third-order valence-electron chi connectivity index (χ3n) is 5.15. The van der Waals surface area contributed by atoms with Crippen LogP contribution in [0.2, 0.25) is 0 Å². The Morgan fingerprint density at radius 2 is 1.82 bits per heavy atom. The molecule has 0 aromatic heterocycles. The molecule has 3 aromatic carbocycles. The third-order valence-corrected chi connectivity index (χ3v) is 5.15. The zero-order valence-corrected chi connectivity index (χ0v) is 17.9. The van der Waals surface area contributed by atoms with Gasteiger partial charge in [0.15, 0.2) is 17.2 Å². The Bertz CT molecular complexity index is 1240. The van der Waals surface area contributed by atoms with E-state index in [0.29, 0.717) is 28.5 Å². The normalized spacial score (nSPS) is 12.0. The number of nitro groups is 1. The molecule has 0 fully saturated rings. The van der Waals surface area contributed by atoms with Crippen molar-refractivity contribution >= 4 is 23.3 Å². The minimum absolute atomic E-state index is 0.120. The molecule has 1 amide bonds. The van der Waals surface area contributed by atoms with E-state index in [1.165, 1.54) is 42.3 Å². The van der Waals surface area contributed by atoms with Crippen molar-refractivity contribution in [3.05, 3.63) is 87.5 Å². The summed E-state index contributed by atoms with van der Waals surface area (Å²) in [5.41, 5.74) is 1.45. The lowest BCUT2D eigenvalue weighted by atomic mass is 10.1. The van der Waals surface area contributed by atoms with E-state index in [9.17, 15) is 19.7 Å². The van der Waals surface area contributed by atoms with Gasteiger partial charge in [0.1, 0.15) is 0 Å². The van der Waals surface area contributed by atoms with Crippen molar-refractivity contribution in [3.63, 3.8) is 0 Å². The number of hydrogen-bond acceptors (Lipinski definition) is 7. The topological polar surface area (TPSA) is 108 Å². The molecule has 0 unspecified atom stereocenters. The van der Waals surface area contributed by atoms with Gasteiger partial charge in [-0.3, -0.25) is 14.9 Å². The summed E-state index contributed by atoms with van der Waals surface area (Å²) in [6.45, 7) is 2.04. The lowest BCUT2D eigenvalue weighted by Crippen LogP contribution is -2.30. The predicted molar refractivity (Wildman–Crippen MR) is 119 cm³/mol. The highest BCUT2D eigenvalue weighted by atomic mass is 16.6. The molecule has 168 valence electrons. The van der Waals surface area contributed by atoms with Gasteiger partial charge in [-0.05, 0) is 43.3 Å². The summed E-state index contributed by atoms with van der Waals surface area (Å²) in [6.07, 6.45) is 0. The van der Waals surface area contributed by atoms with Crippen molar-refractivity contribution in [2.75, 3.05) is 18.6 Å². The van der Waals surface area contributed by atoms with E-state index in [2.05, 4.69) is 0 Å². The third kappa shape index (κ3) is 4.20. The highest BCUT2D eigenvalue weighted by Crippen LogP contribution is 2.44. The van der Waals surface area contributed by atoms with Gasteiger partial charge in [-0.2, -0.15) is 0 Å². The van der Waals surface area contributed by atoms with Gasteiger partial charge in [0.25, 0.3) is 11.6 Å². The van der Waals surface area contributed by atoms with Gasteiger partial charge in [0, 0.05) is 23.3 Å². The van der Waals surface area contributed by atoms with Crippen LogP contribution in [0, 0.1) is 10.1 Å². The number of nitro benzene ring substituents is 1. The maximum Gasteiger partial charge on any atom is 0.338 e. The molecule has 0 spiro atoms. The Morgan fingerprint density at radius 1 is 1.09 bits per heavy atom. The Labute approximate surface area is 189 Å². The van der Waals surface area contributed by atoms with Crippen molar-refractivity contribution in [1.29, 1.82) is 0 Å². The van der Waals surface area contributed by atoms with Crippen LogP contribution in [0.3, 0.4) is 0 Å². The highest BCUT2D eigenvalue weighted by molar-refractivity contribution is 6.08. The molecule has 0 radical (unpaired) electrons. The molecule has 1 aliphatic heterocycles. The molecule has 4 rings (SSSR count). The fourth-order valence-electron chi connectivity index (χ4n) is 3.55. The summed E-state index contributed by atoms with van der Waals surface area (Å²) in [7, 11) is 1.52. The lowest BCUT2D eigenvalue weighted by molar-refractivity contribution is -0.384. The van der Waals surface area contributed by atoms with Gasteiger partial charge < -0.3 is 19.1 Å². The van der Waals surface area contributed by atoms with Crippen molar-refractivity contribution in [2.45, 2.75) is 13.5 Å². The predicted octanol–water partition coefficient (Wildman–Crippen LogP) is 4.73. The van der Waals surface area contributed by atoms with E-state index in [1.807, 2.05) is 6.07 Å². The second kappa shape index (κ2) is 8.99. The SMILES string of the molecule is CCOC(=O)c1ccc2c(c1)N(C(=O)c1ccc([N+](=O)[O-])cc1)Cc1cccc(OC)c1O2. The number of hydrogen-bond donors (Lipinski definition) is 0. The zero-order chi connectivity index (χ0) is 23.5. The van der Waals surface area contributed by atoms with Crippen LogP contribution in [0.25, 0.3) is 0 Å². The van der Waals surface area contributed by atoms with E-state index < -0.39 is 16.8 Å². The Hall–Kier alpha value is -4.40. The Morgan fingerprint density at radius 3 is 2.48 bits per heavy atom. The largest absolute Gasteiger partial charge is 0.493 e. The van der Waals surface area contributed by atoms with Crippen LogP contribution < -0.4 is 14.4 Å². The molecule has 0 bridgehead atoms. The monoisotopic (exact) mass is 448 g/mol. The second-order valence-corrected chi connectivity index (χ2v) is 7.15. The van der Waals surface area contributed by atoms with Crippen LogP contribution in [-0.2, 0) is 11.3 Å². The second-order valence-electron chi connectivity index (χ2n) is 7.15. The van der Waals surface area contributed by atoms with Crippen LogP contribution in [-0.4, -0.2) is 30.5 Å². The quantitative estimate of drug-likeness (QED) is 0.315. The molecule has 3 aromatic rings. The smallest absolute Gasteiger partial charge is 0.338 e. The van der Waals surface area contributed by atoms with Gasteiger partial charge in [0.2, 0.25) is 0 Å². The van der Waals surface area contributed by atoms with Gasteiger partial charge in [-0.15, -0.1) is 0 Å². The number of fused-ring (bicyclic) bond motifs is 2. The molecule has 33 heavy (non-hydrogen) atoms. The molecule has 9 heteroatoms. The van der Waals surface area contributed by atoms with Crippen LogP contribution >= 0.6 is 0 Å². The molecular weight excluding hydrogens is 428 g/mol. The summed E-state index contributed by atoms with van der Waals surface area (Å²) >= 11 is 0. The number of methoxy groups -OCH3 is 1. The number of non-ortho nitro benzene ring substituents is 1. The number of ether oxygens (including phenoxy) is 3. The van der Waals surface area contributed by atoms with Gasteiger partial charge in [-0.25, -0.2) is 4.79 Å². The summed E-state index contributed by atoms with van der Waals surface area (Å²) in [5, 5.41) is 11.0. The van der Waals surface area contributed by atoms with Gasteiger partial charge in [-0.1, -0.05) is 12.1 Å².